The molecule has 0 atom stereocenters. The van der Waals surface area contributed by atoms with Gasteiger partial charge >= 0.3 is 0 Å². The summed E-state index contributed by atoms with van der Waals surface area (Å²) in [5.41, 5.74) is 3.73. The Bertz CT molecular complexity index is 1520. The van der Waals surface area contributed by atoms with Gasteiger partial charge in [-0.1, -0.05) is 25.4 Å². The van der Waals surface area contributed by atoms with E-state index in [0.29, 0.717) is 28.6 Å². The minimum Gasteiger partial charge on any atom is -0.487 e. The van der Waals surface area contributed by atoms with Crippen LogP contribution in [0.25, 0.3) is 17.1 Å². The zero-order valence-corrected chi connectivity index (χ0v) is 21.3. The first-order valence-corrected chi connectivity index (χ1v) is 11.7. The number of nitrogens with zero attached hydrogens (tertiary/aromatic N) is 4. The molecule has 0 amide bonds. The Morgan fingerprint density at radius 2 is 1.75 bits per heavy atom. The summed E-state index contributed by atoms with van der Waals surface area (Å²) in [6.45, 7) is 9.32. The molecule has 36 heavy (non-hydrogen) atoms. The fourth-order valence-electron chi connectivity index (χ4n) is 3.76. The second kappa shape index (κ2) is 10.1. The Balaban J connectivity index is 1.74. The van der Waals surface area contributed by atoms with Gasteiger partial charge in [-0.15, -0.1) is 0 Å². The number of aryl methyl sites for hydroxylation is 3. The number of hydrogen-bond donors (Lipinski definition) is 0. The van der Waals surface area contributed by atoms with Crippen LogP contribution >= 0.6 is 11.6 Å². The standard InChI is InChI=1S/C27H25ClF2N4O2/c1-14(2)26-32-12-16(4)25(33-26)21-10-22(15(3)11-31-21)34-17(5)8-23(24(28)27(34)35)36-13-18-6-7-19(29)9-20(18)30/h6-12,14H,13H2,1-5H3. The maximum Gasteiger partial charge on any atom is 0.277 e. The Labute approximate surface area is 212 Å². The lowest BCUT2D eigenvalue weighted by molar-refractivity contribution is 0.298. The third-order valence-corrected chi connectivity index (χ3v) is 6.11. The molecule has 3 aromatic heterocycles. The topological polar surface area (TPSA) is 69.9 Å². The van der Waals surface area contributed by atoms with Gasteiger partial charge < -0.3 is 4.74 Å². The lowest BCUT2D eigenvalue weighted by Crippen LogP contribution is -2.23. The molecule has 0 radical (unpaired) electrons. The SMILES string of the molecule is Cc1cnc(-c2nc(C(C)C)ncc2C)cc1-n1c(C)cc(OCc2ccc(F)cc2F)c(Cl)c1=O. The molecule has 4 rings (SSSR count). The summed E-state index contributed by atoms with van der Waals surface area (Å²) < 4.78 is 34.3. The van der Waals surface area contributed by atoms with Crippen molar-refractivity contribution in [2.24, 2.45) is 0 Å². The lowest BCUT2D eigenvalue weighted by atomic mass is 10.1. The van der Waals surface area contributed by atoms with Crippen LogP contribution in [0.3, 0.4) is 0 Å². The van der Waals surface area contributed by atoms with Crippen LogP contribution in [-0.4, -0.2) is 19.5 Å². The average Bonchev–Trinajstić information content (AvgIpc) is 2.83. The molecule has 1 aromatic carbocycles. The Morgan fingerprint density at radius 3 is 2.44 bits per heavy atom. The summed E-state index contributed by atoms with van der Waals surface area (Å²) in [5.74, 6) is -0.461. The monoisotopic (exact) mass is 510 g/mol. The second-order valence-electron chi connectivity index (χ2n) is 8.90. The number of halogens is 3. The van der Waals surface area contributed by atoms with Crippen molar-refractivity contribution in [1.82, 2.24) is 19.5 Å². The maximum atomic E-state index is 14.0. The summed E-state index contributed by atoms with van der Waals surface area (Å²) in [5, 5.41) is -0.152. The molecule has 0 spiro atoms. The van der Waals surface area contributed by atoms with Crippen LogP contribution in [0.4, 0.5) is 8.78 Å². The predicted octanol–water partition coefficient (Wildman–Crippen LogP) is 6.25. The van der Waals surface area contributed by atoms with Crippen molar-refractivity contribution in [3.05, 3.63) is 97.9 Å². The van der Waals surface area contributed by atoms with Crippen LogP contribution in [0.2, 0.25) is 5.02 Å². The number of aromatic nitrogens is 4. The van der Waals surface area contributed by atoms with E-state index < -0.39 is 17.2 Å². The Hall–Kier alpha value is -3.65. The van der Waals surface area contributed by atoms with Crippen molar-refractivity contribution in [3.63, 3.8) is 0 Å². The molecule has 0 saturated heterocycles. The number of rotatable bonds is 6. The number of benzene rings is 1. The van der Waals surface area contributed by atoms with Crippen molar-refractivity contribution in [2.45, 2.75) is 47.1 Å². The van der Waals surface area contributed by atoms with Crippen LogP contribution in [0.15, 0.2) is 47.5 Å². The van der Waals surface area contributed by atoms with E-state index in [-0.39, 0.29) is 28.9 Å². The third-order valence-electron chi connectivity index (χ3n) is 5.76. The largest absolute Gasteiger partial charge is 0.487 e. The summed E-state index contributed by atoms with van der Waals surface area (Å²) in [6.07, 6.45) is 3.45. The van der Waals surface area contributed by atoms with E-state index in [0.717, 1.165) is 23.3 Å². The minimum atomic E-state index is -0.739. The smallest absolute Gasteiger partial charge is 0.277 e. The molecular weight excluding hydrogens is 486 g/mol. The highest BCUT2D eigenvalue weighted by Gasteiger charge is 2.18. The minimum absolute atomic E-state index is 0.110. The van der Waals surface area contributed by atoms with E-state index in [1.54, 1.807) is 31.5 Å². The highest BCUT2D eigenvalue weighted by atomic mass is 35.5. The summed E-state index contributed by atoms with van der Waals surface area (Å²) in [6, 6.07) is 6.61. The van der Waals surface area contributed by atoms with E-state index >= 15 is 0 Å². The van der Waals surface area contributed by atoms with Crippen molar-refractivity contribution >= 4 is 11.6 Å². The first-order chi connectivity index (χ1) is 17.1. The van der Waals surface area contributed by atoms with Crippen LogP contribution in [0, 0.1) is 32.4 Å². The molecule has 0 N–H and O–H groups in total. The van der Waals surface area contributed by atoms with Crippen molar-refractivity contribution in [3.8, 4) is 22.8 Å². The highest BCUT2D eigenvalue weighted by molar-refractivity contribution is 6.31. The van der Waals surface area contributed by atoms with Gasteiger partial charge in [-0.05, 0) is 50.1 Å². The van der Waals surface area contributed by atoms with Gasteiger partial charge in [-0.2, -0.15) is 0 Å². The average molecular weight is 511 g/mol. The first-order valence-electron chi connectivity index (χ1n) is 11.4. The lowest BCUT2D eigenvalue weighted by Gasteiger charge is -2.17. The summed E-state index contributed by atoms with van der Waals surface area (Å²) in [7, 11) is 0. The van der Waals surface area contributed by atoms with Crippen LogP contribution < -0.4 is 10.3 Å². The number of hydrogen-bond acceptors (Lipinski definition) is 5. The van der Waals surface area contributed by atoms with E-state index in [2.05, 4.69) is 15.0 Å². The third kappa shape index (κ3) is 4.99. The zero-order chi connectivity index (χ0) is 26.1. The first kappa shape index (κ1) is 25.4. The highest BCUT2D eigenvalue weighted by Crippen LogP contribution is 2.28. The van der Waals surface area contributed by atoms with Crippen LogP contribution in [-0.2, 0) is 6.61 Å². The molecule has 0 saturated carbocycles. The second-order valence-corrected chi connectivity index (χ2v) is 9.28. The molecule has 3 heterocycles. The molecule has 9 heteroatoms. The Kier molecular flexibility index (Phi) is 7.17. The molecule has 186 valence electrons. The number of ether oxygens (including phenoxy) is 1. The summed E-state index contributed by atoms with van der Waals surface area (Å²) in [4.78, 5) is 27.0. The molecule has 4 aromatic rings. The molecule has 0 unspecified atom stereocenters. The van der Waals surface area contributed by atoms with Gasteiger partial charge in [-0.3, -0.25) is 14.3 Å². The van der Waals surface area contributed by atoms with E-state index in [1.165, 1.54) is 10.6 Å². The van der Waals surface area contributed by atoms with Gasteiger partial charge in [0.1, 0.15) is 34.8 Å². The van der Waals surface area contributed by atoms with Gasteiger partial charge in [-0.25, -0.2) is 18.7 Å². The predicted molar refractivity (Wildman–Crippen MR) is 135 cm³/mol. The summed E-state index contributed by atoms with van der Waals surface area (Å²) >= 11 is 6.39. The van der Waals surface area contributed by atoms with Crippen molar-refractivity contribution in [2.75, 3.05) is 0 Å². The zero-order valence-electron chi connectivity index (χ0n) is 20.6. The molecule has 0 aliphatic heterocycles. The normalized spacial score (nSPS) is 11.2. The quantitative estimate of drug-likeness (QED) is 0.307. The van der Waals surface area contributed by atoms with E-state index in [9.17, 15) is 13.6 Å². The van der Waals surface area contributed by atoms with Crippen LogP contribution in [0.5, 0.6) is 5.75 Å². The van der Waals surface area contributed by atoms with E-state index in [4.69, 9.17) is 16.3 Å². The van der Waals surface area contributed by atoms with Crippen LogP contribution in [0.1, 0.15) is 48.0 Å². The molecule has 0 fully saturated rings. The number of pyridine rings is 2. The molecule has 0 bridgehead atoms. The Morgan fingerprint density at radius 1 is 1.03 bits per heavy atom. The van der Waals surface area contributed by atoms with Crippen molar-refractivity contribution in [1.29, 1.82) is 0 Å². The molecule has 0 aliphatic carbocycles. The molecular formula is C27H25ClF2N4O2. The van der Waals surface area contributed by atoms with E-state index in [1.807, 2.05) is 27.7 Å². The van der Waals surface area contributed by atoms with Crippen molar-refractivity contribution < 1.29 is 13.5 Å². The fraction of sp³-hybridized carbons (Fsp3) is 0.259. The van der Waals surface area contributed by atoms with Gasteiger partial charge in [0.2, 0.25) is 0 Å². The molecule has 0 aliphatic rings. The van der Waals surface area contributed by atoms with Gasteiger partial charge in [0.25, 0.3) is 5.56 Å². The maximum absolute atomic E-state index is 14.0. The molecule has 6 nitrogen and oxygen atoms in total. The van der Waals surface area contributed by atoms with Gasteiger partial charge in [0.05, 0.1) is 17.1 Å². The fourth-order valence-corrected chi connectivity index (χ4v) is 3.95. The van der Waals surface area contributed by atoms with Gasteiger partial charge in [0, 0.05) is 41.7 Å². The van der Waals surface area contributed by atoms with Gasteiger partial charge in [0.15, 0.2) is 0 Å².